The number of carbonyl (C=O) groups excluding carboxylic acids is 1. The summed E-state index contributed by atoms with van der Waals surface area (Å²) < 4.78 is 5.40. The smallest absolute Gasteiger partial charge is 0.335 e. The van der Waals surface area contributed by atoms with Crippen LogP contribution in [0, 0.1) is 5.92 Å². The van der Waals surface area contributed by atoms with Crippen LogP contribution in [0.1, 0.15) is 30.6 Å². The van der Waals surface area contributed by atoms with Crippen molar-refractivity contribution in [2.45, 2.75) is 20.3 Å². The van der Waals surface area contributed by atoms with Gasteiger partial charge in [0, 0.05) is 25.4 Å². The average molecular weight is 294 g/mol. The summed E-state index contributed by atoms with van der Waals surface area (Å²) in [5.74, 6) is -0.484. The van der Waals surface area contributed by atoms with Crippen molar-refractivity contribution in [3.8, 4) is 0 Å². The first-order valence-corrected chi connectivity index (χ1v) is 6.95. The lowest BCUT2D eigenvalue weighted by atomic mass is 10.2. The highest BCUT2D eigenvalue weighted by molar-refractivity contribution is 5.91. The number of carbonyl (C=O) groups is 2. The zero-order chi connectivity index (χ0) is 15.7. The number of aromatic carboxylic acids is 1. The van der Waals surface area contributed by atoms with E-state index in [0.29, 0.717) is 24.8 Å². The molecule has 0 saturated heterocycles. The first kappa shape index (κ1) is 17.0. The summed E-state index contributed by atoms with van der Waals surface area (Å²) in [7, 11) is 0. The second-order valence-corrected chi connectivity index (χ2v) is 5.09. The minimum atomic E-state index is -0.993. The molecule has 3 N–H and O–H groups in total. The molecule has 0 aliphatic rings. The predicted octanol–water partition coefficient (Wildman–Crippen LogP) is 2.57. The minimum absolute atomic E-state index is 0.184. The Balaban J connectivity index is 2.20. The first-order chi connectivity index (χ1) is 9.99. The fourth-order valence-corrected chi connectivity index (χ4v) is 1.57. The minimum Gasteiger partial charge on any atom is -0.478 e. The quantitative estimate of drug-likeness (QED) is 0.643. The van der Waals surface area contributed by atoms with Gasteiger partial charge in [-0.3, -0.25) is 0 Å². The molecule has 116 valence electrons. The maximum atomic E-state index is 11.6. The first-order valence-electron chi connectivity index (χ1n) is 6.95. The standard InChI is InChI=1S/C15H22N2O4/c1-11(2)10-21-9-3-8-16-15(20)17-13-6-4-12(5-7-13)14(18)19/h4-7,11H,3,8-10H2,1-2H3,(H,18,19)(H2,16,17,20). The van der Waals surface area contributed by atoms with Crippen LogP contribution < -0.4 is 10.6 Å². The van der Waals surface area contributed by atoms with E-state index in [2.05, 4.69) is 24.5 Å². The summed E-state index contributed by atoms with van der Waals surface area (Å²) in [6.45, 7) is 6.04. The molecule has 1 aromatic carbocycles. The number of amides is 2. The fraction of sp³-hybridized carbons (Fsp3) is 0.467. The normalized spacial score (nSPS) is 10.4. The Morgan fingerprint density at radius 1 is 1.24 bits per heavy atom. The van der Waals surface area contributed by atoms with Crippen molar-refractivity contribution in [3.05, 3.63) is 29.8 Å². The van der Waals surface area contributed by atoms with Crippen LogP contribution >= 0.6 is 0 Å². The van der Waals surface area contributed by atoms with Gasteiger partial charge in [0.05, 0.1) is 5.56 Å². The molecule has 0 aromatic heterocycles. The Kier molecular flexibility index (Phi) is 7.25. The summed E-state index contributed by atoms with van der Waals surface area (Å²) in [5.41, 5.74) is 0.733. The number of rotatable bonds is 8. The maximum absolute atomic E-state index is 11.6. The molecule has 0 aliphatic heterocycles. The summed E-state index contributed by atoms with van der Waals surface area (Å²) in [6, 6.07) is 5.67. The van der Waals surface area contributed by atoms with E-state index in [4.69, 9.17) is 9.84 Å². The molecule has 0 bridgehead atoms. The Morgan fingerprint density at radius 2 is 1.90 bits per heavy atom. The van der Waals surface area contributed by atoms with Gasteiger partial charge in [0.1, 0.15) is 0 Å². The second kappa shape index (κ2) is 8.97. The number of ether oxygens (including phenoxy) is 1. The van der Waals surface area contributed by atoms with Gasteiger partial charge in [-0.2, -0.15) is 0 Å². The molecule has 0 unspecified atom stereocenters. The summed E-state index contributed by atoms with van der Waals surface area (Å²) >= 11 is 0. The van der Waals surface area contributed by atoms with Gasteiger partial charge >= 0.3 is 12.0 Å². The van der Waals surface area contributed by atoms with E-state index in [1.807, 2.05) is 0 Å². The molecule has 6 nitrogen and oxygen atoms in total. The van der Waals surface area contributed by atoms with E-state index in [9.17, 15) is 9.59 Å². The second-order valence-electron chi connectivity index (χ2n) is 5.09. The molecule has 0 fully saturated rings. The lowest BCUT2D eigenvalue weighted by Gasteiger charge is -2.09. The van der Waals surface area contributed by atoms with E-state index in [1.54, 1.807) is 12.1 Å². The highest BCUT2D eigenvalue weighted by Crippen LogP contribution is 2.09. The van der Waals surface area contributed by atoms with E-state index in [1.165, 1.54) is 12.1 Å². The molecule has 0 aliphatic carbocycles. The Hall–Kier alpha value is -2.08. The van der Waals surface area contributed by atoms with Crippen molar-refractivity contribution >= 4 is 17.7 Å². The SMILES string of the molecule is CC(C)COCCCNC(=O)Nc1ccc(C(=O)O)cc1. The Labute approximate surface area is 124 Å². The highest BCUT2D eigenvalue weighted by atomic mass is 16.5. The van der Waals surface area contributed by atoms with Crippen molar-refractivity contribution < 1.29 is 19.4 Å². The van der Waals surface area contributed by atoms with E-state index >= 15 is 0 Å². The number of benzene rings is 1. The maximum Gasteiger partial charge on any atom is 0.335 e. The van der Waals surface area contributed by atoms with E-state index in [0.717, 1.165) is 13.0 Å². The van der Waals surface area contributed by atoms with Crippen LogP contribution in [0.4, 0.5) is 10.5 Å². The van der Waals surface area contributed by atoms with Crippen LogP contribution in [0.2, 0.25) is 0 Å². The summed E-state index contributed by atoms with van der Waals surface area (Å²) in [5, 5.41) is 14.1. The zero-order valence-electron chi connectivity index (χ0n) is 12.4. The third kappa shape index (κ3) is 7.31. The summed E-state index contributed by atoms with van der Waals surface area (Å²) in [4.78, 5) is 22.3. The average Bonchev–Trinajstić information content (AvgIpc) is 2.43. The van der Waals surface area contributed by atoms with Crippen LogP contribution in [0.5, 0.6) is 0 Å². The number of nitrogens with one attached hydrogen (secondary N) is 2. The molecule has 21 heavy (non-hydrogen) atoms. The molecule has 0 atom stereocenters. The number of urea groups is 1. The molecular formula is C15H22N2O4. The van der Waals surface area contributed by atoms with Crippen molar-refractivity contribution in [3.63, 3.8) is 0 Å². The number of carboxylic acids is 1. The molecule has 6 heteroatoms. The van der Waals surface area contributed by atoms with Gasteiger partial charge in [-0.15, -0.1) is 0 Å². The fourth-order valence-electron chi connectivity index (χ4n) is 1.57. The van der Waals surface area contributed by atoms with Crippen molar-refractivity contribution in [2.75, 3.05) is 25.1 Å². The molecule has 0 heterocycles. The number of hydrogen-bond acceptors (Lipinski definition) is 3. The van der Waals surface area contributed by atoms with Gasteiger partial charge in [-0.1, -0.05) is 13.8 Å². The molecule has 0 saturated carbocycles. The van der Waals surface area contributed by atoms with Crippen LogP contribution in [-0.2, 0) is 4.74 Å². The predicted molar refractivity (Wildman–Crippen MR) is 80.7 cm³/mol. The van der Waals surface area contributed by atoms with Crippen molar-refractivity contribution in [1.82, 2.24) is 5.32 Å². The number of hydrogen-bond donors (Lipinski definition) is 3. The molecule has 2 amide bonds. The van der Waals surface area contributed by atoms with Gasteiger partial charge in [-0.05, 0) is 36.6 Å². The van der Waals surface area contributed by atoms with Gasteiger partial charge in [0.25, 0.3) is 0 Å². The Bertz CT molecular complexity index is 457. The summed E-state index contributed by atoms with van der Waals surface area (Å²) in [6.07, 6.45) is 0.748. The van der Waals surface area contributed by atoms with Gasteiger partial charge in [0.2, 0.25) is 0 Å². The van der Waals surface area contributed by atoms with Crippen LogP contribution in [0.3, 0.4) is 0 Å². The highest BCUT2D eigenvalue weighted by Gasteiger charge is 2.04. The topological polar surface area (TPSA) is 87.7 Å². The van der Waals surface area contributed by atoms with Gasteiger partial charge < -0.3 is 20.5 Å². The molecular weight excluding hydrogens is 272 g/mol. The van der Waals surface area contributed by atoms with E-state index < -0.39 is 5.97 Å². The molecule has 0 spiro atoms. The molecule has 0 radical (unpaired) electrons. The lowest BCUT2D eigenvalue weighted by molar-refractivity contribution is 0.0697. The van der Waals surface area contributed by atoms with E-state index in [-0.39, 0.29) is 11.6 Å². The zero-order valence-corrected chi connectivity index (χ0v) is 12.4. The van der Waals surface area contributed by atoms with Gasteiger partial charge in [0.15, 0.2) is 0 Å². The Morgan fingerprint density at radius 3 is 2.48 bits per heavy atom. The molecule has 1 rings (SSSR count). The number of anilines is 1. The molecule has 1 aromatic rings. The largest absolute Gasteiger partial charge is 0.478 e. The van der Waals surface area contributed by atoms with Crippen molar-refractivity contribution in [2.24, 2.45) is 5.92 Å². The third-order valence-corrected chi connectivity index (χ3v) is 2.59. The van der Waals surface area contributed by atoms with Crippen LogP contribution in [-0.4, -0.2) is 36.9 Å². The van der Waals surface area contributed by atoms with Crippen LogP contribution in [0.25, 0.3) is 0 Å². The number of carboxylic acid groups (broad SMARTS) is 1. The monoisotopic (exact) mass is 294 g/mol. The van der Waals surface area contributed by atoms with Crippen molar-refractivity contribution in [1.29, 1.82) is 0 Å². The van der Waals surface area contributed by atoms with Gasteiger partial charge in [-0.25, -0.2) is 9.59 Å². The third-order valence-electron chi connectivity index (χ3n) is 2.59. The lowest BCUT2D eigenvalue weighted by Crippen LogP contribution is -2.30. The van der Waals surface area contributed by atoms with Crippen LogP contribution in [0.15, 0.2) is 24.3 Å².